The van der Waals surface area contributed by atoms with Gasteiger partial charge in [0.15, 0.2) is 6.29 Å². The van der Waals surface area contributed by atoms with Gasteiger partial charge in [0, 0.05) is 23.9 Å². The molecule has 0 aliphatic heterocycles. The molecule has 0 atom stereocenters. The molecule has 0 fully saturated rings. The third kappa shape index (κ3) is 1.69. The molecule has 94 valence electrons. The van der Waals surface area contributed by atoms with Crippen molar-refractivity contribution in [3.63, 3.8) is 0 Å². The minimum absolute atomic E-state index is 0.592. The molecule has 0 saturated heterocycles. The van der Waals surface area contributed by atoms with Crippen LogP contribution in [0.3, 0.4) is 0 Å². The van der Waals surface area contributed by atoms with E-state index in [1.807, 2.05) is 48.0 Å². The third-order valence-corrected chi connectivity index (χ3v) is 3.27. The summed E-state index contributed by atoms with van der Waals surface area (Å²) >= 11 is 0. The van der Waals surface area contributed by atoms with Crippen molar-refractivity contribution in [3.05, 3.63) is 48.0 Å². The molecule has 2 aromatic carbocycles. The number of carbonyl (C=O) groups excluding carboxylic acids is 1. The highest BCUT2D eigenvalue weighted by Gasteiger charge is 2.13. The van der Waals surface area contributed by atoms with Crippen molar-refractivity contribution in [1.82, 2.24) is 9.55 Å². The maximum Gasteiger partial charge on any atom is 0.152 e. The van der Waals surface area contributed by atoms with Crippen LogP contribution in [0.4, 0.5) is 5.69 Å². The van der Waals surface area contributed by atoms with E-state index in [1.54, 1.807) is 6.07 Å². The normalized spacial score (nSPS) is 10.8. The van der Waals surface area contributed by atoms with E-state index < -0.39 is 0 Å². The van der Waals surface area contributed by atoms with Crippen LogP contribution in [0.2, 0.25) is 0 Å². The van der Waals surface area contributed by atoms with Crippen LogP contribution >= 0.6 is 0 Å². The number of hydrogen-bond acceptors (Lipinski definition) is 3. The Bertz CT molecular complexity index is 774. The zero-order valence-electron chi connectivity index (χ0n) is 10.5. The number of hydrogen-bond donors (Lipinski definition) is 1. The number of benzene rings is 2. The van der Waals surface area contributed by atoms with Crippen molar-refractivity contribution in [2.24, 2.45) is 7.05 Å². The molecule has 0 amide bonds. The average molecular weight is 251 g/mol. The fourth-order valence-electron chi connectivity index (χ4n) is 2.27. The highest BCUT2D eigenvalue weighted by Crippen LogP contribution is 2.28. The van der Waals surface area contributed by atoms with Crippen LogP contribution in [0.25, 0.3) is 22.4 Å². The predicted octanol–water partition coefficient (Wildman–Crippen LogP) is 2.64. The van der Waals surface area contributed by atoms with Gasteiger partial charge in [0.05, 0.1) is 11.0 Å². The molecule has 0 aliphatic carbocycles. The van der Waals surface area contributed by atoms with E-state index in [1.165, 1.54) is 0 Å². The summed E-state index contributed by atoms with van der Waals surface area (Å²) in [5.74, 6) is 0.766. The zero-order valence-corrected chi connectivity index (χ0v) is 10.5. The second kappa shape index (κ2) is 4.24. The van der Waals surface area contributed by atoms with Gasteiger partial charge in [0.25, 0.3) is 0 Å². The number of carbonyl (C=O) groups is 1. The number of aryl methyl sites for hydroxylation is 1. The molecule has 4 heteroatoms. The van der Waals surface area contributed by atoms with Gasteiger partial charge in [-0.1, -0.05) is 18.2 Å². The Kier molecular flexibility index (Phi) is 2.56. The van der Waals surface area contributed by atoms with Gasteiger partial charge >= 0.3 is 0 Å². The third-order valence-electron chi connectivity index (χ3n) is 3.27. The lowest BCUT2D eigenvalue weighted by Crippen LogP contribution is -1.96. The van der Waals surface area contributed by atoms with E-state index in [-0.39, 0.29) is 0 Å². The van der Waals surface area contributed by atoms with Gasteiger partial charge in [-0.15, -0.1) is 0 Å². The lowest BCUT2D eigenvalue weighted by Gasteiger charge is -2.05. The Morgan fingerprint density at radius 3 is 2.68 bits per heavy atom. The molecule has 0 bridgehead atoms. The molecular formula is C15H13N3O. The summed E-state index contributed by atoms with van der Waals surface area (Å²) in [5.41, 5.74) is 9.76. The first-order chi connectivity index (χ1) is 9.22. The number of nitrogen functional groups attached to an aromatic ring is 1. The van der Waals surface area contributed by atoms with Gasteiger partial charge in [0.1, 0.15) is 5.82 Å². The number of imidazole rings is 1. The fourth-order valence-corrected chi connectivity index (χ4v) is 2.27. The smallest absolute Gasteiger partial charge is 0.152 e. The molecule has 0 saturated carbocycles. The standard InChI is InChI=1S/C15H13N3O/c1-18-13-8-4-5-10(9-19)14(13)17-15(18)11-6-2-3-7-12(11)16/h2-9H,16H2,1H3. The first-order valence-electron chi connectivity index (χ1n) is 5.98. The maximum atomic E-state index is 11.1. The highest BCUT2D eigenvalue weighted by atomic mass is 16.1. The van der Waals surface area contributed by atoms with Crippen LogP contribution in [-0.2, 0) is 7.05 Å². The predicted molar refractivity (Wildman–Crippen MR) is 75.9 cm³/mol. The van der Waals surface area contributed by atoms with Crippen molar-refractivity contribution in [2.45, 2.75) is 0 Å². The van der Waals surface area contributed by atoms with E-state index in [0.29, 0.717) is 16.8 Å². The van der Waals surface area contributed by atoms with E-state index in [2.05, 4.69) is 4.98 Å². The van der Waals surface area contributed by atoms with E-state index in [0.717, 1.165) is 23.2 Å². The van der Waals surface area contributed by atoms with E-state index >= 15 is 0 Å². The minimum atomic E-state index is 0.592. The molecule has 19 heavy (non-hydrogen) atoms. The zero-order chi connectivity index (χ0) is 13.4. The summed E-state index contributed by atoms with van der Waals surface area (Å²) in [6, 6.07) is 13.1. The maximum absolute atomic E-state index is 11.1. The molecule has 3 aromatic rings. The Balaban J connectivity index is 2.35. The van der Waals surface area contributed by atoms with Gasteiger partial charge < -0.3 is 10.3 Å². The number of anilines is 1. The second-order valence-corrected chi connectivity index (χ2v) is 4.41. The molecule has 0 unspecified atom stereocenters. The number of nitrogens with two attached hydrogens (primary N) is 1. The summed E-state index contributed by atoms with van der Waals surface area (Å²) in [4.78, 5) is 15.6. The number of aromatic nitrogens is 2. The van der Waals surface area contributed by atoms with Crippen LogP contribution in [0, 0.1) is 0 Å². The molecule has 3 rings (SSSR count). The Hall–Kier alpha value is -2.62. The summed E-state index contributed by atoms with van der Waals surface area (Å²) in [6.07, 6.45) is 0.827. The number of nitrogens with zero attached hydrogens (tertiary/aromatic N) is 2. The number of rotatable bonds is 2. The first kappa shape index (κ1) is 11.5. The van der Waals surface area contributed by atoms with Gasteiger partial charge in [-0.05, 0) is 24.3 Å². The van der Waals surface area contributed by atoms with Gasteiger partial charge in [-0.25, -0.2) is 4.98 Å². The van der Waals surface area contributed by atoms with Gasteiger partial charge in [-0.3, -0.25) is 4.79 Å². The largest absolute Gasteiger partial charge is 0.398 e. The van der Waals surface area contributed by atoms with Crippen LogP contribution in [0.15, 0.2) is 42.5 Å². The quantitative estimate of drug-likeness (QED) is 0.562. The van der Waals surface area contributed by atoms with E-state index in [9.17, 15) is 4.79 Å². The molecule has 2 N–H and O–H groups in total. The Labute approximate surface area is 110 Å². The van der Waals surface area contributed by atoms with Crippen molar-refractivity contribution >= 4 is 23.0 Å². The molecule has 0 aliphatic rings. The van der Waals surface area contributed by atoms with Crippen molar-refractivity contribution < 1.29 is 4.79 Å². The lowest BCUT2D eigenvalue weighted by molar-refractivity contribution is 0.112. The van der Waals surface area contributed by atoms with E-state index in [4.69, 9.17) is 5.73 Å². The molecular weight excluding hydrogens is 238 g/mol. The highest BCUT2D eigenvalue weighted by molar-refractivity contribution is 5.96. The first-order valence-corrected chi connectivity index (χ1v) is 5.98. The second-order valence-electron chi connectivity index (χ2n) is 4.41. The van der Waals surface area contributed by atoms with Crippen molar-refractivity contribution in [2.75, 3.05) is 5.73 Å². The number of para-hydroxylation sites is 2. The molecule has 0 radical (unpaired) electrons. The molecule has 1 heterocycles. The van der Waals surface area contributed by atoms with Crippen LogP contribution in [0.1, 0.15) is 10.4 Å². The van der Waals surface area contributed by atoms with Crippen LogP contribution < -0.4 is 5.73 Å². The fraction of sp³-hybridized carbons (Fsp3) is 0.0667. The van der Waals surface area contributed by atoms with Crippen molar-refractivity contribution in [1.29, 1.82) is 0 Å². The SMILES string of the molecule is Cn1c(-c2ccccc2N)nc2c(C=O)cccc21. The summed E-state index contributed by atoms with van der Waals surface area (Å²) in [6.45, 7) is 0. The lowest BCUT2D eigenvalue weighted by atomic mass is 10.2. The summed E-state index contributed by atoms with van der Waals surface area (Å²) in [5, 5.41) is 0. The Morgan fingerprint density at radius 1 is 1.16 bits per heavy atom. The topological polar surface area (TPSA) is 60.9 Å². The summed E-state index contributed by atoms with van der Waals surface area (Å²) in [7, 11) is 1.92. The summed E-state index contributed by atoms with van der Waals surface area (Å²) < 4.78 is 1.95. The Morgan fingerprint density at radius 2 is 1.95 bits per heavy atom. The van der Waals surface area contributed by atoms with Crippen molar-refractivity contribution in [3.8, 4) is 11.4 Å². The number of fused-ring (bicyclic) bond motifs is 1. The molecule has 4 nitrogen and oxygen atoms in total. The molecule has 1 aromatic heterocycles. The van der Waals surface area contributed by atoms with Gasteiger partial charge in [-0.2, -0.15) is 0 Å². The van der Waals surface area contributed by atoms with Crippen LogP contribution in [0.5, 0.6) is 0 Å². The average Bonchev–Trinajstić information content (AvgIpc) is 2.77. The minimum Gasteiger partial charge on any atom is -0.398 e. The molecule has 0 spiro atoms. The number of aldehydes is 1. The monoisotopic (exact) mass is 251 g/mol. The van der Waals surface area contributed by atoms with Gasteiger partial charge in [0.2, 0.25) is 0 Å². The van der Waals surface area contributed by atoms with Crippen LogP contribution in [-0.4, -0.2) is 15.8 Å².